The summed E-state index contributed by atoms with van der Waals surface area (Å²) in [6.45, 7) is 0.364. The maximum Gasteiger partial charge on any atom is 0.278 e. The molecule has 0 saturated heterocycles. The van der Waals surface area contributed by atoms with Crippen molar-refractivity contribution in [3.05, 3.63) is 29.8 Å². The number of amides is 1. The third-order valence-corrected chi connectivity index (χ3v) is 4.35. The Bertz CT molecular complexity index is 568. The first-order valence-corrected chi connectivity index (χ1v) is 7.91. The minimum atomic E-state index is -3.45. The molecule has 8 heteroatoms. The summed E-state index contributed by atoms with van der Waals surface area (Å²) in [5.41, 5.74) is 1.54. The molecule has 0 aliphatic heterocycles. The normalized spacial score (nSPS) is 11.5. The highest BCUT2D eigenvalue weighted by atomic mass is 32.2. The number of hydrogen-bond acceptors (Lipinski definition) is 4. The number of carbonyl (C=O) groups excluding carboxylic acids is 1. The molecule has 1 rings (SSSR count). The highest BCUT2D eigenvalue weighted by Gasteiger charge is 2.12. The van der Waals surface area contributed by atoms with Gasteiger partial charge in [-0.15, -0.1) is 0 Å². The highest BCUT2D eigenvalue weighted by Crippen LogP contribution is 2.11. The second-order valence-electron chi connectivity index (χ2n) is 4.88. The average molecular weight is 314 g/mol. The monoisotopic (exact) mass is 314 g/mol. The first-order chi connectivity index (χ1) is 9.74. The van der Waals surface area contributed by atoms with E-state index in [9.17, 15) is 13.2 Å². The van der Waals surface area contributed by atoms with E-state index in [-0.39, 0.29) is 19.0 Å². The molecule has 0 heterocycles. The van der Waals surface area contributed by atoms with Gasteiger partial charge < -0.3 is 10.2 Å². The Balaban J connectivity index is 2.44. The molecule has 7 nitrogen and oxygen atoms in total. The number of nitrogens with one attached hydrogen (secondary N) is 2. The predicted octanol–water partition coefficient (Wildman–Crippen LogP) is -0.122. The summed E-state index contributed by atoms with van der Waals surface area (Å²) in [5, 5.41) is 2.66. The number of nitrogens with zero attached hydrogens (tertiary/aromatic N) is 2. The van der Waals surface area contributed by atoms with Crippen molar-refractivity contribution in [2.45, 2.75) is 0 Å². The minimum Gasteiger partial charge on any atom is -0.378 e. The third-order valence-electron chi connectivity index (χ3n) is 2.82. The number of rotatable bonds is 7. The van der Waals surface area contributed by atoms with Gasteiger partial charge in [0.25, 0.3) is 16.1 Å². The van der Waals surface area contributed by atoms with Gasteiger partial charge in [-0.25, -0.2) is 4.72 Å². The number of benzene rings is 1. The van der Waals surface area contributed by atoms with Gasteiger partial charge in [-0.05, 0) is 24.3 Å². The molecule has 118 valence electrons. The van der Waals surface area contributed by atoms with Crippen LogP contribution in [-0.4, -0.2) is 59.9 Å². The van der Waals surface area contributed by atoms with E-state index >= 15 is 0 Å². The molecular weight excluding hydrogens is 292 g/mol. The van der Waals surface area contributed by atoms with Crippen LogP contribution in [0.3, 0.4) is 0 Å². The van der Waals surface area contributed by atoms with Crippen LogP contribution >= 0.6 is 0 Å². The van der Waals surface area contributed by atoms with Crippen molar-refractivity contribution in [1.82, 2.24) is 14.3 Å². The topological polar surface area (TPSA) is 81.8 Å². The second-order valence-corrected chi connectivity index (χ2v) is 6.85. The van der Waals surface area contributed by atoms with Crippen molar-refractivity contribution in [3.8, 4) is 0 Å². The predicted molar refractivity (Wildman–Crippen MR) is 83.7 cm³/mol. The van der Waals surface area contributed by atoms with E-state index < -0.39 is 10.2 Å². The molecule has 0 aliphatic carbocycles. The molecule has 0 radical (unpaired) electrons. The fraction of sp³-hybridized carbons (Fsp3) is 0.462. The molecule has 1 aromatic rings. The van der Waals surface area contributed by atoms with E-state index in [2.05, 4.69) is 10.0 Å². The zero-order chi connectivity index (χ0) is 16.0. The van der Waals surface area contributed by atoms with Crippen LogP contribution in [-0.2, 0) is 10.2 Å². The Kier molecular flexibility index (Phi) is 6.13. The van der Waals surface area contributed by atoms with E-state index in [0.29, 0.717) is 5.56 Å². The van der Waals surface area contributed by atoms with Crippen LogP contribution in [0.5, 0.6) is 0 Å². The van der Waals surface area contributed by atoms with Crippen LogP contribution < -0.4 is 14.9 Å². The van der Waals surface area contributed by atoms with Crippen LogP contribution in [0.25, 0.3) is 0 Å². The van der Waals surface area contributed by atoms with E-state index in [1.54, 1.807) is 12.1 Å². The summed E-state index contributed by atoms with van der Waals surface area (Å²) in [4.78, 5) is 13.8. The molecule has 0 atom stereocenters. The first-order valence-electron chi connectivity index (χ1n) is 6.47. The summed E-state index contributed by atoms with van der Waals surface area (Å²) >= 11 is 0. The maximum absolute atomic E-state index is 11.9. The Morgan fingerprint density at radius 3 is 2.10 bits per heavy atom. The molecule has 0 spiro atoms. The zero-order valence-electron chi connectivity index (χ0n) is 12.8. The van der Waals surface area contributed by atoms with Gasteiger partial charge in [-0.1, -0.05) is 0 Å². The van der Waals surface area contributed by atoms with Crippen molar-refractivity contribution in [1.29, 1.82) is 0 Å². The number of hydrogen-bond donors (Lipinski definition) is 2. The van der Waals surface area contributed by atoms with E-state index in [1.165, 1.54) is 14.1 Å². The fourth-order valence-electron chi connectivity index (χ4n) is 1.50. The highest BCUT2D eigenvalue weighted by molar-refractivity contribution is 7.87. The van der Waals surface area contributed by atoms with Crippen molar-refractivity contribution in [2.24, 2.45) is 0 Å². The van der Waals surface area contributed by atoms with Crippen molar-refractivity contribution >= 4 is 21.8 Å². The van der Waals surface area contributed by atoms with Crippen LogP contribution in [0, 0.1) is 0 Å². The molecule has 1 aromatic carbocycles. The third kappa shape index (κ3) is 5.33. The van der Waals surface area contributed by atoms with Crippen LogP contribution in [0.4, 0.5) is 5.69 Å². The quantitative estimate of drug-likeness (QED) is 0.688. The fourth-order valence-corrected chi connectivity index (χ4v) is 2.12. The maximum atomic E-state index is 11.9. The van der Waals surface area contributed by atoms with E-state index in [4.69, 9.17) is 0 Å². The Morgan fingerprint density at radius 2 is 1.62 bits per heavy atom. The van der Waals surface area contributed by atoms with Crippen molar-refractivity contribution in [3.63, 3.8) is 0 Å². The standard InChI is InChI=1S/C13H22N4O3S/c1-16(2)12-7-5-11(6-8-12)13(18)14-9-10-15-21(19,20)17(3)4/h5-8,15H,9-10H2,1-4H3,(H,14,18). The number of anilines is 1. The van der Waals surface area contributed by atoms with Gasteiger partial charge in [0.2, 0.25) is 0 Å². The van der Waals surface area contributed by atoms with Gasteiger partial charge in [0, 0.05) is 52.5 Å². The van der Waals surface area contributed by atoms with E-state index in [0.717, 1.165) is 9.99 Å². The van der Waals surface area contributed by atoms with Gasteiger partial charge in [-0.2, -0.15) is 12.7 Å². The lowest BCUT2D eigenvalue weighted by Gasteiger charge is -2.13. The van der Waals surface area contributed by atoms with Gasteiger partial charge in [0.1, 0.15) is 0 Å². The lowest BCUT2D eigenvalue weighted by atomic mass is 10.2. The molecule has 21 heavy (non-hydrogen) atoms. The van der Waals surface area contributed by atoms with Crippen LogP contribution in [0.1, 0.15) is 10.4 Å². The lowest BCUT2D eigenvalue weighted by molar-refractivity contribution is 0.0954. The van der Waals surface area contributed by atoms with Crippen molar-refractivity contribution in [2.75, 3.05) is 46.2 Å². The van der Waals surface area contributed by atoms with Crippen LogP contribution in [0.2, 0.25) is 0 Å². The Morgan fingerprint density at radius 1 is 1.05 bits per heavy atom. The average Bonchev–Trinajstić information content (AvgIpc) is 2.43. The molecule has 0 aliphatic rings. The summed E-state index contributed by atoms with van der Waals surface area (Å²) in [5.74, 6) is -0.232. The summed E-state index contributed by atoms with van der Waals surface area (Å²) < 4.78 is 26.3. The Hall–Kier alpha value is -1.64. The smallest absolute Gasteiger partial charge is 0.278 e. The molecular formula is C13H22N4O3S. The molecule has 1 amide bonds. The SMILES string of the molecule is CN(C)c1ccc(C(=O)NCCNS(=O)(=O)N(C)C)cc1. The van der Waals surface area contributed by atoms with E-state index in [1.807, 2.05) is 31.1 Å². The second kappa shape index (κ2) is 7.39. The van der Waals surface area contributed by atoms with Gasteiger partial charge >= 0.3 is 0 Å². The van der Waals surface area contributed by atoms with Gasteiger partial charge in [-0.3, -0.25) is 4.79 Å². The molecule has 0 unspecified atom stereocenters. The largest absolute Gasteiger partial charge is 0.378 e. The van der Waals surface area contributed by atoms with Gasteiger partial charge in [0.15, 0.2) is 0 Å². The minimum absolute atomic E-state index is 0.141. The summed E-state index contributed by atoms with van der Waals surface area (Å²) in [6, 6.07) is 7.16. The Labute approximate surface area is 126 Å². The summed E-state index contributed by atoms with van der Waals surface area (Å²) in [6.07, 6.45) is 0. The number of carbonyl (C=O) groups is 1. The molecule has 2 N–H and O–H groups in total. The summed E-state index contributed by atoms with van der Waals surface area (Å²) in [7, 11) is 3.27. The first kappa shape index (κ1) is 17.4. The molecule has 0 aromatic heterocycles. The van der Waals surface area contributed by atoms with Gasteiger partial charge in [0.05, 0.1) is 0 Å². The van der Waals surface area contributed by atoms with Crippen molar-refractivity contribution < 1.29 is 13.2 Å². The van der Waals surface area contributed by atoms with Crippen LogP contribution in [0.15, 0.2) is 24.3 Å². The molecule has 0 bridgehead atoms. The zero-order valence-corrected chi connectivity index (χ0v) is 13.6. The lowest BCUT2D eigenvalue weighted by Crippen LogP contribution is -2.40. The molecule has 0 fully saturated rings. The molecule has 0 saturated carbocycles.